The summed E-state index contributed by atoms with van der Waals surface area (Å²) >= 11 is 0. The normalized spacial score (nSPS) is 14.1. The van der Waals surface area contributed by atoms with Crippen molar-refractivity contribution in [3.8, 4) is 33.8 Å². The first kappa shape index (κ1) is 19.4. The van der Waals surface area contributed by atoms with Crippen LogP contribution >= 0.6 is 0 Å². The molecule has 1 aromatic heterocycles. The van der Waals surface area contributed by atoms with Crippen molar-refractivity contribution < 1.29 is 9.84 Å². The third-order valence-electron chi connectivity index (χ3n) is 5.70. The fourth-order valence-electron chi connectivity index (χ4n) is 4.27. The van der Waals surface area contributed by atoms with E-state index < -0.39 is 5.60 Å². The average molecular weight is 389 g/mol. The fraction of sp³-hybridized carbons (Fsp3) is 0.360. The standard InChI is InChI=1S/C25H28N2O2/c1-5-6-7-8-17-12-21-23(24(28)22(17)18-13-26-15-27-14-18)19-11-16(2)9-10-20(19)25(3,4)29-21/h9-15,28H,5-8H2,1-4H3. The van der Waals surface area contributed by atoms with E-state index in [1.807, 2.05) is 0 Å². The summed E-state index contributed by atoms with van der Waals surface area (Å²) in [5, 5.41) is 11.5. The van der Waals surface area contributed by atoms with Gasteiger partial charge in [-0.15, -0.1) is 0 Å². The second kappa shape index (κ2) is 7.51. The van der Waals surface area contributed by atoms with E-state index in [1.165, 1.54) is 6.33 Å². The van der Waals surface area contributed by atoms with Crippen LogP contribution < -0.4 is 4.74 Å². The van der Waals surface area contributed by atoms with Crippen LogP contribution in [0.1, 0.15) is 56.7 Å². The van der Waals surface area contributed by atoms with Gasteiger partial charge in [-0.25, -0.2) is 9.97 Å². The first-order valence-electron chi connectivity index (χ1n) is 10.4. The lowest BCUT2D eigenvalue weighted by atomic mass is 9.82. The monoisotopic (exact) mass is 388 g/mol. The second-order valence-electron chi connectivity index (χ2n) is 8.38. The highest BCUT2D eigenvalue weighted by Gasteiger charge is 2.35. The van der Waals surface area contributed by atoms with Crippen molar-refractivity contribution in [2.45, 2.75) is 59.0 Å². The molecule has 1 N–H and O–H groups in total. The minimum atomic E-state index is -0.458. The van der Waals surface area contributed by atoms with Crippen molar-refractivity contribution in [1.82, 2.24) is 9.97 Å². The predicted molar refractivity (Wildman–Crippen MR) is 116 cm³/mol. The molecular formula is C25H28N2O2. The molecule has 0 radical (unpaired) electrons. The summed E-state index contributed by atoms with van der Waals surface area (Å²) in [4.78, 5) is 8.36. The lowest BCUT2D eigenvalue weighted by Crippen LogP contribution is -2.29. The van der Waals surface area contributed by atoms with E-state index in [0.29, 0.717) is 0 Å². The maximum atomic E-state index is 11.5. The number of nitrogens with zero attached hydrogens (tertiary/aromatic N) is 2. The zero-order valence-electron chi connectivity index (χ0n) is 17.6. The van der Waals surface area contributed by atoms with Crippen molar-refractivity contribution in [1.29, 1.82) is 0 Å². The highest BCUT2D eigenvalue weighted by Crippen LogP contribution is 2.53. The number of ether oxygens (including phenoxy) is 1. The molecule has 4 rings (SSSR count). The van der Waals surface area contributed by atoms with Gasteiger partial charge in [-0.1, -0.05) is 43.5 Å². The summed E-state index contributed by atoms with van der Waals surface area (Å²) in [5.41, 5.74) is 6.31. The van der Waals surface area contributed by atoms with Crippen LogP contribution in [0.5, 0.6) is 11.5 Å². The van der Waals surface area contributed by atoms with Crippen molar-refractivity contribution in [2.75, 3.05) is 0 Å². The van der Waals surface area contributed by atoms with E-state index >= 15 is 0 Å². The molecule has 0 bridgehead atoms. The van der Waals surface area contributed by atoms with Crippen LogP contribution in [0.4, 0.5) is 0 Å². The van der Waals surface area contributed by atoms with Gasteiger partial charge in [-0.05, 0) is 50.8 Å². The van der Waals surface area contributed by atoms with Gasteiger partial charge in [0, 0.05) is 29.1 Å². The van der Waals surface area contributed by atoms with Crippen LogP contribution in [0.2, 0.25) is 0 Å². The number of aryl methyl sites for hydroxylation is 2. The van der Waals surface area contributed by atoms with E-state index in [4.69, 9.17) is 4.74 Å². The number of rotatable bonds is 5. The van der Waals surface area contributed by atoms with Crippen LogP contribution in [0, 0.1) is 6.92 Å². The molecule has 0 unspecified atom stereocenters. The van der Waals surface area contributed by atoms with Crippen molar-refractivity contribution in [3.63, 3.8) is 0 Å². The van der Waals surface area contributed by atoms with Crippen LogP contribution in [-0.4, -0.2) is 15.1 Å². The van der Waals surface area contributed by atoms with Gasteiger partial charge in [0.2, 0.25) is 0 Å². The molecule has 2 heterocycles. The second-order valence-corrected chi connectivity index (χ2v) is 8.38. The number of hydrogen-bond donors (Lipinski definition) is 1. The number of fused-ring (bicyclic) bond motifs is 3. The van der Waals surface area contributed by atoms with E-state index in [0.717, 1.165) is 70.4 Å². The Morgan fingerprint density at radius 2 is 1.79 bits per heavy atom. The molecule has 0 spiro atoms. The number of phenols is 1. The molecule has 0 amide bonds. The molecule has 0 saturated heterocycles. The molecule has 0 fully saturated rings. The first-order valence-corrected chi connectivity index (χ1v) is 10.4. The molecule has 3 aromatic rings. The molecule has 4 heteroatoms. The van der Waals surface area contributed by atoms with Crippen LogP contribution in [0.15, 0.2) is 43.0 Å². The molecule has 1 aliphatic rings. The Balaban J connectivity index is 1.98. The Hall–Kier alpha value is -2.88. The molecule has 0 atom stereocenters. The summed E-state index contributed by atoms with van der Waals surface area (Å²) in [5.74, 6) is 1.00. The fourth-order valence-corrected chi connectivity index (χ4v) is 4.27. The van der Waals surface area contributed by atoms with Gasteiger partial charge >= 0.3 is 0 Å². The van der Waals surface area contributed by atoms with Crippen LogP contribution in [0.3, 0.4) is 0 Å². The Morgan fingerprint density at radius 1 is 1.03 bits per heavy atom. The number of hydrogen-bond acceptors (Lipinski definition) is 4. The Kier molecular flexibility index (Phi) is 5.03. The third-order valence-corrected chi connectivity index (χ3v) is 5.70. The van der Waals surface area contributed by atoms with Crippen molar-refractivity contribution in [3.05, 3.63) is 59.7 Å². The summed E-state index contributed by atoms with van der Waals surface area (Å²) in [6, 6.07) is 8.45. The molecule has 4 nitrogen and oxygen atoms in total. The lowest BCUT2D eigenvalue weighted by molar-refractivity contribution is 0.105. The van der Waals surface area contributed by atoms with Gasteiger partial charge in [0.15, 0.2) is 0 Å². The molecule has 29 heavy (non-hydrogen) atoms. The third kappa shape index (κ3) is 3.48. The smallest absolute Gasteiger partial charge is 0.135 e. The van der Waals surface area contributed by atoms with Crippen LogP contribution in [-0.2, 0) is 12.0 Å². The van der Waals surface area contributed by atoms with Crippen molar-refractivity contribution >= 4 is 0 Å². The maximum Gasteiger partial charge on any atom is 0.135 e. The number of aromatic nitrogens is 2. The molecule has 0 saturated carbocycles. The molecule has 1 aliphatic heterocycles. The van der Waals surface area contributed by atoms with Gasteiger partial charge < -0.3 is 9.84 Å². The number of unbranched alkanes of at least 4 members (excludes halogenated alkanes) is 2. The van der Waals surface area contributed by atoms with Crippen LogP contribution in [0.25, 0.3) is 22.3 Å². The Labute approximate surface area is 172 Å². The summed E-state index contributed by atoms with van der Waals surface area (Å²) in [6.07, 6.45) is 9.29. The minimum Gasteiger partial charge on any atom is -0.506 e. The summed E-state index contributed by atoms with van der Waals surface area (Å²) < 4.78 is 6.41. The SMILES string of the molecule is CCCCCc1cc2c(c(O)c1-c1cncnc1)-c1cc(C)ccc1C(C)(C)O2. The quantitative estimate of drug-likeness (QED) is 0.530. The highest BCUT2D eigenvalue weighted by atomic mass is 16.5. The maximum absolute atomic E-state index is 11.5. The van der Waals surface area contributed by atoms with Crippen molar-refractivity contribution in [2.24, 2.45) is 0 Å². The Bertz CT molecular complexity index is 1040. The van der Waals surface area contributed by atoms with Gasteiger partial charge in [0.25, 0.3) is 0 Å². The van der Waals surface area contributed by atoms with Gasteiger partial charge in [0.1, 0.15) is 23.4 Å². The molecule has 150 valence electrons. The zero-order chi connectivity index (χ0) is 20.6. The minimum absolute atomic E-state index is 0.256. The summed E-state index contributed by atoms with van der Waals surface area (Å²) in [7, 11) is 0. The number of benzene rings is 2. The van der Waals surface area contributed by atoms with E-state index in [2.05, 4.69) is 61.9 Å². The van der Waals surface area contributed by atoms with E-state index in [1.54, 1.807) is 12.4 Å². The lowest BCUT2D eigenvalue weighted by Gasteiger charge is -2.36. The topological polar surface area (TPSA) is 55.2 Å². The van der Waals surface area contributed by atoms with Gasteiger partial charge in [-0.2, -0.15) is 0 Å². The van der Waals surface area contributed by atoms with E-state index in [9.17, 15) is 5.11 Å². The molecule has 0 aliphatic carbocycles. The van der Waals surface area contributed by atoms with Gasteiger partial charge in [-0.3, -0.25) is 0 Å². The Morgan fingerprint density at radius 3 is 2.52 bits per heavy atom. The molecule has 2 aromatic carbocycles. The number of aromatic hydroxyl groups is 1. The number of phenolic OH excluding ortho intramolecular Hbond substituents is 1. The molecular weight excluding hydrogens is 360 g/mol. The zero-order valence-corrected chi connectivity index (χ0v) is 17.6. The largest absolute Gasteiger partial charge is 0.506 e. The van der Waals surface area contributed by atoms with E-state index in [-0.39, 0.29) is 5.75 Å². The van der Waals surface area contributed by atoms with Gasteiger partial charge in [0.05, 0.1) is 5.56 Å². The summed E-state index contributed by atoms with van der Waals surface area (Å²) in [6.45, 7) is 8.43. The highest BCUT2D eigenvalue weighted by molar-refractivity contribution is 5.90. The predicted octanol–water partition coefficient (Wildman–Crippen LogP) is 6.18. The average Bonchev–Trinajstić information content (AvgIpc) is 2.68. The first-order chi connectivity index (χ1) is 13.9.